The van der Waals surface area contributed by atoms with Crippen LogP contribution in [0.25, 0.3) is 0 Å². The Morgan fingerprint density at radius 1 is 1.00 bits per heavy atom. The number of unbranched alkanes of at least 4 members (excludes halogenated alkanes) is 9. The van der Waals surface area contributed by atoms with Gasteiger partial charge in [-0.2, -0.15) is 0 Å². The second-order valence-electron chi connectivity index (χ2n) is 5.83. The van der Waals surface area contributed by atoms with Gasteiger partial charge >= 0.3 is 0 Å². The molecule has 4 heteroatoms. The summed E-state index contributed by atoms with van der Waals surface area (Å²) in [5, 5.41) is 2.95. The summed E-state index contributed by atoms with van der Waals surface area (Å²) < 4.78 is 0.832. The average Bonchev–Trinajstić information content (AvgIpc) is 2.52. The van der Waals surface area contributed by atoms with Crippen LogP contribution in [0.2, 0.25) is 0 Å². The summed E-state index contributed by atoms with van der Waals surface area (Å²) in [5.74, 6) is -0.0373. The lowest BCUT2D eigenvalue weighted by Gasteiger charge is -2.05. The van der Waals surface area contributed by atoms with Crippen LogP contribution in [0.4, 0.5) is 0 Å². The van der Waals surface area contributed by atoms with Crippen molar-refractivity contribution in [3.63, 3.8) is 0 Å². The molecule has 1 heterocycles. The highest BCUT2D eigenvalue weighted by Crippen LogP contribution is 2.11. The van der Waals surface area contributed by atoms with Crippen LogP contribution in [-0.2, 0) is 0 Å². The van der Waals surface area contributed by atoms with E-state index in [1.54, 1.807) is 18.5 Å². The molecule has 22 heavy (non-hydrogen) atoms. The first-order valence-corrected chi connectivity index (χ1v) is 9.42. The zero-order valence-electron chi connectivity index (χ0n) is 13.7. The van der Waals surface area contributed by atoms with E-state index >= 15 is 0 Å². The third-order valence-electron chi connectivity index (χ3n) is 3.78. The van der Waals surface area contributed by atoms with Crippen molar-refractivity contribution >= 4 is 21.8 Å². The van der Waals surface area contributed by atoms with E-state index in [0.717, 1.165) is 17.4 Å². The van der Waals surface area contributed by atoms with Crippen molar-refractivity contribution in [2.45, 2.75) is 71.1 Å². The van der Waals surface area contributed by atoms with Crippen molar-refractivity contribution in [1.29, 1.82) is 0 Å². The summed E-state index contributed by atoms with van der Waals surface area (Å²) in [7, 11) is 0. The number of hydrogen-bond acceptors (Lipinski definition) is 2. The van der Waals surface area contributed by atoms with Gasteiger partial charge in [-0.25, -0.2) is 0 Å². The molecule has 0 bridgehead atoms. The molecule has 0 saturated heterocycles. The number of rotatable bonds is 12. The van der Waals surface area contributed by atoms with Crippen LogP contribution in [0.3, 0.4) is 0 Å². The van der Waals surface area contributed by atoms with Crippen LogP contribution in [0.5, 0.6) is 0 Å². The minimum absolute atomic E-state index is 0.0373. The number of nitrogens with one attached hydrogen (secondary N) is 1. The zero-order chi connectivity index (χ0) is 16.0. The minimum Gasteiger partial charge on any atom is -0.352 e. The minimum atomic E-state index is -0.0373. The Labute approximate surface area is 143 Å². The van der Waals surface area contributed by atoms with Gasteiger partial charge in [-0.05, 0) is 28.4 Å². The van der Waals surface area contributed by atoms with Crippen molar-refractivity contribution in [3.8, 4) is 0 Å². The van der Waals surface area contributed by atoms with Gasteiger partial charge in [0.2, 0.25) is 0 Å². The van der Waals surface area contributed by atoms with Gasteiger partial charge in [0.25, 0.3) is 5.91 Å². The van der Waals surface area contributed by atoms with E-state index < -0.39 is 0 Å². The lowest BCUT2D eigenvalue weighted by molar-refractivity contribution is 0.0952. The highest BCUT2D eigenvalue weighted by molar-refractivity contribution is 9.10. The van der Waals surface area contributed by atoms with Gasteiger partial charge in [-0.1, -0.05) is 64.7 Å². The van der Waals surface area contributed by atoms with Gasteiger partial charge in [0.05, 0.1) is 5.56 Å². The van der Waals surface area contributed by atoms with Crippen LogP contribution in [-0.4, -0.2) is 17.4 Å². The molecule has 1 amide bonds. The van der Waals surface area contributed by atoms with Gasteiger partial charge in [-0.15, -0.1) is 0 Å². The average molecular weight is 369 g/mol. The number of halogens is 1. The monoisotopic (exact) mass is 368 g/mol. The summed E-state index contributed by atoms with van der Waals surface area (Å²) in [5.41, 5.74) is 0.612. The van der Waals surface area contributed by atoms with Crippen molar-refractivity contribution in [2.75, 3.05) is 6.54 Å². The maximum Gasteiger partial charge on any atom is 0.252 e. The summed E-state index contributed by atoms with van der Waals surface area (Å²) in [4.78, 5) is 15.9. The van der Waals surface area contributed by atoms with Crippen molar-refractivity contribution in [3.05, 3.63) is 28.5 Å². The van der Waals surface area contributed by atoms with E-state index in [0.29, 0.717) is 5.56 Å². The molecule has 0 fully saturated rings. The standard InChI is InChI=1S/C18H29BrN2O/c1-2-3-4-5-6-7-8-9-10-11-12-21-18(22)16-13-17(19)15-20-14-16/h13-15H,2-12H2,1H3,(H,21,22). The number of hydrogen-bond donors (Lipinski definition) is 1. The molecule has 0 aliphatic rings. The molecule has 0 radical (unpaired) electrons. The van der Waals surface area contributed by atoms with Crippen LogP contribution in [0.15, 0.2) is 22.9 Å². The quantitative estimate of drug-likeness (QED) is 0.495. The Hall–Kier alpha value is -0.900. The van der Waals surface area contributed by atoms with Gasteiger partial charge in [0.15, 0.2) is 0 Å². The van der Waals surface area contributed by atoms with Crippen molar-refractivity contribution < 1.29 is 4.79 Å². The Morgan fingerprint density at radius 3 is 2.18 bits per heavy atom. The molecule has 0 aliphatic heterocycles. The van der Waals surface area contributed by atoms with Gasteiger partial charge in [0.1, 0.15) is 0 Å². The van der Waals surface area contributed by atoms with Crippen LogP contribution < -0.4 is 5.32 Å². The summed E-state index contributed by atoms with van der Waals surface area (Å²) in [6.07, 6.45) is 16.4. The van der Waals surface area contributed by atoms with E-state index in [1.165, 1.54) is 57.8 Å². The molecule has 0 aliphatic carbocycles. The van der Waals surface area contributed by atoms with Crippen LogP contribution in [0.1, 0.15) is 81.5 Å². The lowest BCUT2D eigenvalue weighted by atomic mass is 10.1. The second kappa shape index (κ2) is 12.6. The molecule has 1 N–H and O–H groups in total. The smallest absolute Gasteiger partial charge is 0.252 e. The zero-order valence-corrected chi connectivity index (χ0v) is 15.3. The molecule has 1 aromatic rings. The van der Waals surface area contributed by atoms with E-state index in [-0.39, 0.29) is 5.91 Å². The van der Waals surface area contributed by atoms with Crippen molar-refractivity contribution in [2.24, 2.45) is 0 Å². The summed E-state index contributed by atoms with van der Waals surface area (Å²) >= 11 is 3.32. The highest BCUT2D eigenvalue weighted by Gasteiger charge is 2.05. The fourth-order valence-electron chi connectivity index (χ4n) is 2.45. The predicted octanol–water partition coefficient (Wildman–Crippen LogP) is 5.49. The molecule has 0 atom stereocenters. The largest absolute Gasteiger partial charge is 0.352 e. The Balaban J connectivity index is 1.94. The van der Waals surface area contributed by atoms with E-state index in [2.05, 4.69) is 33.2 Å². The molecule has 1 rings (SSSR count). The SMILES string of the molecule is CCCCCCCCCCCCNC(=O)c1cncc(Br)c1. The number of carbonyl (C=O) groups is 1. The first kappa shape index (κ1) is 19.1. The molecule has 3 nitrogen and oxygen atoms in total. The summed E-state index contributed by atoms with van der Waals surface area (Å²) in [6, 6.07) is 1.79. The number of aromatic nitrogens is 1. The van der Waals surface area contributed by atoms with E-state index in [9.17, 15) is 4.79 Å². The second-order valence-corrected chi connectivity index (χ2v) is 6.75. The summed E-state index contributed by atoms with van der Waals surface area (Å²) in [6.45, 7) is 3.01. The molecular formula is C18H29BrN2O. The first-order valence-electron chi connectivity index (χ1n) is 8.62. The number of pyridine rings is 1. The molecular weight excluding hydrogens is 340 g/mol. The van der Waals surface area contributed by atoms with Crippen molar-refractivity contribution in [1.82, 2.24) is 10.3 Å². The molecule has 0 saturated carbocycles. The number of carbonyl (C=O) groups excluding carboxylic acids is 1. The highest BCUT2D eigenvalue weighted by atomic mass is 79.9. The molecule has 0 unspecified atom stereocenters. The predicted molar refractivity (Wildman–Crippen MR) is 96.1 cm³/mol. The third-order valence-corrected chi connectivity index (χ3v) is 4.22. The third kappa shape index (κ3) is 9.19. The lowest BCUT2D eigenvalue weighted by Crippen LogP contribution is -2.24. The topological polar surface area (TPSA) is 42.0 Å². The molecule has 124 valence electrons. The number of amides is 1. The van der Waals surface area contributed by atoms with Gasteiger partial charge in [0, 0.05) is 23.4 Å². The van der Waals surface area contributed by atoms with E-state index in [1.807, 2.05) is 0 Å². The van der Waals surface area contributed by atoms with Gasteiger partial charge < -0.3 is 5.32 Å². The van der Waals surface area contributed by atoms with E-state index in [4.69, 9.17) is 0 Å². The van der Waals surface area contributed by atoms with Gasteiger partial charge in [-0.3, -0.25) is 9.78 Å². The fraction of sp³-hybridized carbons (Fsp3) is 0.667. The Morgan fingerprint density at radius 2 is 1.59 bits per heavy atom. The number of nitrogens with zero attached hydrogens (tertiary/aromatic N) is 1. The van der Waals surface area contributed by atoms with Crippen LogP contribution >= 0.6 is 15.9 Å². The fourth-order valence-corrected chi connectivity index (χ4v) is 2.82. The first-order chi connectivity index (χ1) is 10.7. The maximum atomic E-state index is 11.9. The molecule has 0 aromatic carbocycles. The Kier molecular flexibility index (Phi) is 11.0. The molecule has 0 spiro atoms. The maximum absolute atomic E-state index is 11.9. The van der Waals surface area contributed by atoms with Crippen LogP contribution in [0, 0.1) is 0 Å². The normalized spacial score (nSPS) is 10.6. The Bertz CT molecular complexity index is 423. The molecule has 1 aromatic heterocycles.